The van der Waals surface area contributed by atoms with E-state index < -0.39 is 5.91 Å². The lowest BCUT2D eigenvalue weighted by Crippen LogP contribution is -2.16. The lowest BCUT2D eigenvalue weighted by molar-refractivity contribution is 0.101. The Morgan fingerprint density at radius 3 is 2.08 bits per heavy atom. The van der Waals surface area contributed by atoms with Crippen molar-refractivity contribution in [1.29, 1.82) is 0 Å². The first-order valence-electron chi connectivity index (χ1n) is 8.14. The Morgan fingerprint density at radius 1 is 0.962 bits per heavy atom. The van der Waals surface area contributed by atoms with Crippen molar-refractivity contribution in [2.75, 3.05) is 12.4 Å². The van der Waals surface area contributed by atoms with Gasteiger partial charge in [0.2, 0.25) is 5.88 Å². The number of amides is 1. The second-order valence-corrected chi connectivity index (χ2v) is 6.09. The fourth-order valence-corrected chi connectivity index (χ4v) is 2.56. The van der Waals surface area contributed by atoms with E-state index in [1.807, 2.05) is 26.0 Å². The first-order valence-corrected chi connectivity index (χ1v) is 8.14. The molecule has 132 valence electrons. The second-order valence-electron chi connectivity index (χ2n) is 6.09. The summed E-state index contributed by atoms with van der Waals surface area (Å²) in [5.41, 5.74) is 4.72. The third-order valence-corrected chi connectivity index (χ3v) is 4.21. The summed E-state index contributed by atoms with van der Waals surface area (Å²) in [5.74, 6) is -0.292. The average Bonchev–Trinajstić information content (AvgIpc) is 2.62. The van der Waals surface area contributed by atoms with Crippen LogP contribution < -0.4 is 10.1 Å². The molecule has 0 radical (unpaired) electrons. The fraction of sp³-hybridized carbons (Fsp3) is 0.200. The summed E-state index contributed by atoms with van der Waals surface area (Å²) in [6.45, 7) is 5.47. The van der Waals surface area contributed by atoms with E-state index in [1.165, 1.54) is 14.0 Å². The van der Waals surface area contributed by atoms with Gasteiger partial charge in [0.15, 0.2) is 11.5 Å². The van der Waals surface area contributed by atoms with Gasteiger partial charge in [0, 0.05) is 11.3 Å². The van der Waals surface area contributed by atoms with Crippen molar-refractivity contribution in [3.63, 3.8) is 0 Å². The molecule has 0 unspecified atom stereocenters. The number of carbonyl (C=O) groups is 2. The smallest absolute Gasteiger partial charge is 0.279 e. The third-order valence-electron chi connectivity index (χ3n) is 4.21. The molecule has 0 saturated heterocycles. The summed E-state index contributed by atoms with van der Waals surface area (Å²) in [6.07, 6.45) is 0. The number of nitrogens with zero attached hydrogens (tertiary/aromatic N) is 2. The molecule has 6 nitrogen and oxygen atoms in total. The number of anilines is 1. The normalized spacial score (nSPS) is 10.6. The maximum atomic E-state index is 12.6. The molecule has 0 fully saturated rings. The molecule has 0 aliphatic heterocycles. The van der Waals surface area contributed by atoms with E-state index in [0.29, 0.717) is 22.3 Å². The predicted octanol–water partition coefficient (Wildman–Crippen LogP) is 3.71. The number of fused-ring (bicyclic) bond motifs is 1. The molecule has 2 aromatic carbocycles. The third kappa shape index (κ3) is 3.39. The summed E-state index contributed by atoms with van der Waals surface area (Å²) >= 11 is 0. The number of Topliss-reactive ketones (excluding diaryl/α,β-unsaturated/α-hetero) is 1. The number of aromatic nitrogens is 2. The quantitative estimate of drug-likeness (QED) is 0.726. The zero-order chi connectivity index (χ0) is 18.8. The SMILES string of the molecule is COc1nc2cc(C)c(C)cc2nc1C(=O)Nc1ccc(C(C)=O)cc1. The zero-order valence-electron chi connectivity index (χ0n) is 15.1. The van der Waals surface area contributed by atoms with Crippen molar-refractivity contribution >= 4 is 28.4 Å². The molecule has 1 amide bonds. The Balaban J connectivity index is 1.96. The molecule has 0 atom stereocenters. The number of ether oxygens (including phenoxy) is 1. The number of rotatable bonds is 4. The van der Waals surface area contributed by atoms with Gasteiger partial charge in [-0.2, -0.15) is 0 Å². The maximum Gasteiger partial charge on any atom is 0.279 e. The van der Waals surface area contributed by atoms with Gasteiger partial charge in [-0.05, 0) is 68.3 Å². The first kappa shape index (κ1) is 17.5. The minimum absolute atomic E-state index is 0.0318. The van der Waals surface area contributed by atoms with Crippen LogP contribution in [0.5, 0.6) is 5.88 Å². The zero-order valence-corrected chi connectivity index (χ0v) is 15.1. The van der Waals surface area contributed by atoms with Crippen LogP contribution in [0.3, 0.4) is 0 Å². The van der Waals surface area contributed by atoms with E-state index in [-0.39, 0.29) is 17.4 Å². The van der Waals surface area contributed by atoms with Crippen LogP contribution in [0.1, 0.15) is 38.9 Å². The molecule has 0 saturated carbocycles. The number of ketones is 1. The van der Waals surface area contributed by atoms with E-state index in [9.17, 15) is 9.59 Å². The van der Waals surface area contributed by atoms with E-state index >= 15 is 0 Å². The summed E-state index contributed by atoms with van der Waals surface area (Å²) in [7, 11) is 1.45. The van der Waals surface area contributed by atoms with Crippen molar-refractivity contribution in [3.8, 4) is 5.88 Å². The largest absolute Gasteiger partial charge is 0.479 e. The van der Waals surface area contributed by atoms with Crippen LogP contribution in [0.15, 0.2) is 36.4 Å². The van der Waals surface area contributed by atoms with Crippen molar-refractivity contribution in [2.24, 2.45) is 0 Å². The van der Waals surface area contributed by atoms with Crippen molar-refractivity contribution in [1.82, 2.24) is 9.97 Å². The molecule has 1 N–H and O–H groups in total. The molecule has 3 rings (SSSR count). The molecule has 3 aromatic rings. The summed E-state index contributed by atoms with van der Waals surface area (Å²) in [5, 5.41) is 2.76. The Morgan fingerprint density at radius 2 is 1.54 bits per heavy atom. The summed E-state index contributed by atoms with van der Waals surface area (Å²) in [4.78, 5) is 32.8. The van der Waals surface area contributed by atoms with Crippen LogP contribution in [0.25, 0.3) is 11.0 Å². The second kappa shape index (κ2) is 6.92. The van der Waals surface area contributed by atoms with E-state index in [4.69, 9.17) is 4.74 Å². The monoisotopic (exact) mass is 349 g/mol. The predicted molar refractivity (Wildman–Crippen MR) is 100.0 cm³/mol. The number of nitrogens with one attached hydrogen (secondary N) is 1. The van der Waals surface area contributed by atoms with Gasteiger partial charge in [-0.25, -0.2) is 9.97 Å². The number of carbonyl (C=O) groups excluding carboxylic acids is 2. The lowest BCUT2D eigenvalue weighted by atomic mass is 10.1. The Hall–Kier alpha value is -3.28. The summed E-state index contributed by atoms with van der Waals surface area (Å²) in [6, 6.07) is 10.5. The highest BCUT2D eigenvalue weighted by Crippen LogP contribution is 2.23. The average molecular weight is 349 g/mol. The molecule has 6 heteroatoms. The van der Waals surface area contributed by atoms with Crippen LogP contribution in [0, 0.1) is 13.8 Å². The number of aryl methyl sites for hydroxylation is 2. The van der Waals surface area contributed by atoms with Gasteiger partial charge in [-0.1, -0.05) is 0 Å². The molecule has 0 aliphatic carbocycles. The van der Waals surface area contributed by atoms with Crippen LogP contribution in [0.2, 0.25) is 0 Å². The number of hydrogen-bond donors (Lipinski definition) is 1. The highest BCUT2D eigenvalue weighted by atomic mass is 16.5. The molecule has 1 heterocycles. The Labute approximate surface area is 151 Å². The van der Waals surface area contributed by atoms with Crippen LogP contribution in [0.4, 0.5) is 5.69 Å². The van der Waals surface area contributed by atoms with Crippen molar-refractivity contribution in [3.05, 3.63) is 58.8 Å². The summed E-state index contributed by atoms with van der Waals surface area (Å²) < 4.78 is 5.25. The molecular formula is C20H19N3O3. The van der Waals surface area contributed by atoms with E-state index in [1.54, 1.807) is 24.3 Å². The number of methoxy groups -OCH3 is 1. The highest BCUT2D eigenvalue weighted by molar-refractivity contribution is 6.05. The maximum absolute atomic E-state index is 12.6. The first-order chi connectivity index (χ1) is 12.4. The molecule has 0 bridgehead atoms. The van der Waals surface area contributed by atoms with Gasteiger partial charge in [0.1, 0.15) is 0 Å². The van der Waals surface area contributed by atoms with Gasteiger partial charge in [0.05, 0.1) is 18.1 Å². The van der Waals surface area contributed by atoms with Crippen LogP contribution in [-0.2, 0) is 0 Å². The van der Waals surface area contributed by atoms with Gasteiger partial charge >= 0.3 is 0 Å². The van der Waals surface area contributed by atoms with E-state index in [2.05, 4.69) is 15.3 Å². The molecule has 26 heavy (non-hydrogen) atoms. The minimum atomic E-state index is -0.426. The number of hydrogen-bond acceptors (Lipinski definition) is 5. The van der Waals surface area contributed by atoms with Crippen molar-refractivity contribution < 1.29 is 14.3 Å². The van der Waals surface area contributed by atoms with Gasteiger partial charge in [-0.15, -0.1) is 0 Å². The van der Waals surface area contributed by atoms with Gasteiger partial charge < -0.3 is 10.1 Å². The number of benzene rings is 2. The molecular weight excluding hydrogens is 330 g/mol. The molecule has 0 spiro atoms. The van der Waals surface area contributed by atoms with Crippen LogP contribution in [-0.4, -0.2) is 28.8 Å². The van der Waals surface area contributed by atoms with Crippen molar-refractivity contribution in [2.45, 2.75) is 20.8 Å². The standard InChI is InChI=1S/C20H19N3O3/c1-11-9-16-17(10-12(11)2)23-20(26-4)18(22-16)19(25)21-15-7-5-14(6-8-15)13(3)24/h5-10H,1-4H3,(H,21,25). The molecule has 0 aliphatic rings. The van der Waals surface area contributed by atoms with Gasteiger partial charge in [0.25, 0.3) is 5.91 Å². The Bertz CT molecular complexity index is 1010. The lowest BCUT2D eigenvalue weighted by Gasteiger charge is -2.10. The Kier molecular flexibility index (Phi) is 4.67. The molecule has 1 aromatic heterocycles. The van der Waals surface area contributed by atoms with Crippen LogP contribution >= 0.6 is 0 Å². The van der Waals surface area contributed by atoms with Gasteiger partial charge in [-0.3, -0.25) is 9.59 Å². The van der Waals surface area contributed by atoms with E-state index in [0.717, 1.165) is 11.1 Å². The highest BCUT2D eigenvalue weighted by Gasteiger charge is 2.18. The fourth-order valence-electron chi connectivity index (χ4n) is 2.56. The topological polar surface area (TPSA) is 81.2 Å². The minimum Gasteiger partial charge on any atom is -0.479 e.